The summed E-state index contributed by atoms with van der Waals surface area (Å²) in [5, 5.41) is 6.62. The lowest BCUT2D eigenvalue weighted by molar-refractivity contribution is 0.627. The van der Waals surface area contributed by atoms with Gasteiger partial charge in [-0.1, -0.05) is 12.1 Å². The number of aromatic nitrogens is 2. The van der Waals surface area contributed by atoms with Crippen LogP contribution in [0.2, 0.25) is 0 Å². The Morgan fingerprint density at radius 2 is 1.69 bits per heavy atom. The number of rotatable bonds is 7. The SMILES string of the molecule is Cc1cc(Nc2ccc(N3CCCC3)cc2)nc(NCCc2ccc(F)cc2)n1. The molecule has 1 fully saturated rings. The molecule has 1 saturated heterocycles. The minimum absolute atomic E-state index is 0.215. The van der Waals surface area contributed by atoms with Crippen molar-refractivity contribution in [3.05, 3.63) is 71.7 Å². The Kier molecular flexibility index (Phi) is 5.89. The fourth-order valence-corrected chi connectivity index (χ4v) is 3.56. The van der Waals surface area contributed by atoms with E-state index in [0.29, 0.717) is 12.5 Å². The molecule has 0 unspecified atom stereocenters. The topological polar surface area (TPSA) is 53.1 Å². The highest BCUT2D eigenvalue weighted by Gasteiger charge is 2.12. The van der Waals surface area contributed by atoms with Crippen molar-refractivity contribution in [2.24, 2.45) is 0 Å². The maximum Gasteiger partial charge on any atom is 0.224 e. The van der Waals surface area contributed by atoms with Gasteiger partial charge < -0.3 is 15.5 Å². The van der Waals surface area contributed by atoms with Gasteiger partial charge in [-0.15, -0.1) is 0 Å². The molecule has 0 spiro atoms. The van der Waals surface area contributed by atoms with Gasteiger partial charge in [0.25, 0.3) is 0 Å². The fraction of sp³-hybridized carbons (Fsp3) is 0.304. The molecule has 5 nitrogen and oxygen atoms in total. The van der Waals surface area contributed by atoms with Crippen LogP contribution in [-0.4, -0.2) is 29.6 Å². The van der Waals surface area contributed by atoms with Crippen molar-refractivity contribution in [2.45, 2.75) is 26.2 Å². The molecule has 150 valence electrons. The molecule has 2 aromatic carbocycles. The molecule has 0 atom stereocenters. The molecule has 2 N–H and O–H groups in total. The maximum atomic E-state index is 13.0. The zero-order valence-corrected chi connectivity index (χ0v) is 16.7. The third kappa shape index (κ3) is 5.22. The zero-order chi connectivity index (χ0) is 20.1. The Hall–Kier alpha value is -3.15. The molecule has 2 heterocycles. The lowest BCUT2D eigenvalue weighted by Gasteiger charge is -2.18. The summed E-state index contributed by atoms with van der Waals surface area (Å²) in [5.74, 6) is 1.13. The second-order valence-corrected chi connectivity index (χ2v) is 7.39. The first kappa shape index (κ1) is 19.2. The second kappa shape index (κ2) is 8.90. The van der Waals surface area contributed by atoms with Crippen molar-refractivity contribution in [3.63, 3.8) is 0 Å². The smallest absolute Gasteiger partial charge is 0.224 e. The number of aryl methyl sites for hydroxylation is 1. The Morgan fingerprint density at radius 3 is 2.41 bits per heavy atom. The van der Waals surface area contributed by atoms with Gasteiger partial charge in [0.05, 0.1) is 0 Å². The molecular formula is C23H26FN5. The fourth-order valence-electron chi connectivity index (χ4n) is 3.56. The Balaban J connectivity index is 1.36. The van der Waals surface area contributed by atoms with Crippen molar-refractivity contribution in [3.8, 4) is 0 Å². The second-order valence-electron chi connectivity index (χ2n) is 7.39. The summed E-state index contributed by atoms with van der Waals surface area (Å²) in [7, 11) is 0. The van der Waals surface area contributed by atoms with Crippen molar-refractivity contribution in [1.82, 2.24) is 9.97 Å². The summed E-state index contributed by atoms with van der Waals surface area (Å²) in [5.41, 5.74) is 4.24. The van der Waals surface area contributed by atoms with Gasteiger partial charge in [0.2, 0.25) is 5.95 Å². The largest absolute Gasteiger partial charge is 0.372 e. The van der Waals surface area contributed by atoms with Gasteiger partial charge in [0, 0.05) is 42.8 Å². The quantitative estimate of drug-likeness (QED) is 0.599. The van der Waals surface area contributed by atoms with Crippen LogP contribution in [0.5, 0.6) is 0 Å². The molecule has 6 heteroatoms. The van der Waals surface area contributed by atoms with Crippen LogP contribution >= 0.6 is 0 Å². The summed E-state index contributed by atoms with van der Waals surface area (Å²) in [6.45, 7) is 4.92. The Morgan fingerprint density at radius 1 is 0.966 bits per heavy atom. The van der Waals surface area contributed by atoms with E-state index in [1.54, 1.807) is 12.1 Å². The number of anilines is 4. The van der Waals surface area contributed by atoms with E-state index in [1.807, 2.05) is 13.0 Å². The highest BCUT2D eigenvalue weighted by atomic mass is 19.1. The molecular weight excluding hydrogens is 365 g/mol. The average molecular weight is 391 g/mol. The first-order valence-electron chi connectivity index (χ1n) is 10.1. The van der Waals surface area contributed by atoms with E-state index in [0.717, 1.165) is 42.3 Å². The molecule has 4 rings (SSSR count). The van der Waals surface area contributed by atoms with E-state index >= 15 is 0 Å². The zero-order valence-electron chi connectivity index (χ0n) is 16.7. The molecule has 1 aromatic heterocycles. The lowest BCUT2D eigenvalue weighted by Crippen LogP contribution is -2.17. The van der Waals surface area contributed by atoms with Crippen molar-refractivity contribution < 1.29 is 4.39 Å². The number of nitrogens with one attached hydrogen (secondary N) is 2. The predicted molar refractivity (Wildman–Crippen MR) is 117 cm³/mol. The van der Waals surface area contributed by atoms with Gasteiger partial charge in [-0.3, -0.25) is 0 Å². The Labute approximate surface area is 171 Å². The van der Waals surface area contributed by atoms with Crippen LogP contribution in [0, 0.1) is 12.7 Å². The van der Waals surface area contributed by atoms with Gasteiger partial charge in [0.1, 0.15) is 11.6 Å². The van der Waals surface area contributed by atoms with Crippen molar-refractivity contribution in [2.75, 3.05) is 35.2 Å². The standard InChI is InChI=1S/C23H26FN5/c1-17-16-22(27-20-8-10-21(11-9-20)29-14-2-3-15-29)28-23(26-17)25-13-12-18-4-6-19(24)7-5-18/h4-11,16H,2-3,12-15H2,1H3,(H2,25,26,27,28). The van der Waals surface area contributed by atoms with Gasteiger partial charge in [-0.2, -0.15) is 4.98 Å². The number of hydrogen-bond acceptors (Lipinski definition) is 5. The van der Waals surface area contributed by atoms with Crippen molar-refractivity contribution in [1.29, 1.82) is 0 Å². The predicted octanol–water partition coefficient (Wildman–Crippen LogP) is 4.92. The lowest BCUT2D eigenvalue weighted by atomic mass is 10.1. The average Bonchev–Trinajstić information content (AvgIpc) is 3.25. The molecule has 29 heavy (non-hydrogen) atoms. The number of hydrogen-bond donors (Lipinski definition) is 2. The van der Waals surface area contributed by atoms with E-state index in [9.17, 15) is 4.39 Å². The highest BCUT2D eigenvalue weighted by Crippen LogP contribution is 2.24. The molecule has 1 aliphatic rings. The molecule has 0 saturated carbocycles. The van der Waals surface area contributed by atoms with Crippen molar-refractivity contribution >= 4 is 23.1 Å². The first-order valence-corrected chi connectivity index (χ1v) is 10.1. The van der Waals surface area contributed by atoms with Crippen LogP contribution in [-0.2, 0) is 6.42 Å². The third-order valence-electron chi connectivity index (χ3n) is 5.08. The third-order valence-corrected chi connectivity index (χ3v) is 5.08. The van der Waals surface area contributed by atoms with Crippen LogP contribution in [0.15, 0.2) is 54.6 Å². The van der Waals surface area contributed by atoms with Crippen LogP contribution < -0.4 is 15.5 Å². The summed E-state index contributed by atoms with van der Waals surface area (Å²) in [4.78, 5) is 11.4. The maximum absolute atomic E-state index is 13.0. The molecule has 0 radical (unpaired) electrons. The number of benzene rings is 2. The molecule has 1 aliphatic heterocycles. The van der Waals surface area contributed by atoms with Gasteiger partial charge in [-0.05, 0) is 68.1 Å². The summed E-state index contributed by atoms with van der Waals surface area (Å²) < 4.78 is 13.0. The van der Waals surface area contributed by atoms with Crippen LogP contribution in [0.4, 0.5) is 27.5 Å². The molecule has 0 amide bonds. The van der Waals surface area contributed by atoms with Crippen LogP contribution in [0.25, 0.3) is 0 Å². The monoisotopic (exact) mass is 391 g/mol. The molecule has 3 aromatic rings. The van der Waals surface area contributed by atoms with Gasteiger partial charge in [0.15, 0.2) is 0 Å². The normalized spacial score (nSPS) is 13.5. The van der Waals surface area contributed by atoms with E-state index < -0.39 is 0 Å². The van der Waals surface area contributed by atoms with Crippen LogP contribution in [0.1, 0.15) is 24.1 Å². The van der Waals surface area contributed by atoms with E-state index in [1.165, 1.54) is 30.7 Å². The number of nitrogens with zero attached hydrogens (tertiary/aromatic N) is 3. The highest BCUT2D eigenvalue weighted by molar-refractivity contribution is 5.61. The van der Waals surface area contributed by atoms with Crippen LogP contribution in [0.3, 0.4) is 0 Å². The number of halogens is 1. The van der Waals surface area contributed by atoms with Gasteiger partial charge >= 0.3 is 0 Å². The summed E-state index contributed by atoms with van der Waals surface area (Å²) in [6, 6.07) is 17.0. The first-order chi connectivity index (χ1) is 14.2. The summed E-state index contributed by atoms with van der Waals surface area (Å²) in [6.07, 6.45) is 3.33. The minimum atomic E-state index is -0.215. The van der Waals surface area contributed by atoms with E-state index in [4.69, 9.17) is 0 Å². The van der Waals surface area contributed by atoms with E-state index in [2.05, 4.69) is 49.8 Å². The molecule has 0 aliphatic carbocycles. The van der Waals surface area contributed by atoms with Gasteiger partial charge in [-0.25, -0.2) is 9.37 Å². The minimum Gasteiger partial charge on any atom is -0.372 e. The molecule has 0 bridgehead atoms. The summed E-state index contributed by atoms with van der Waals surface area (Å²) >= 11 is 0. The Bertz CT molecular complexity index is 934. The van der Waals surface area contributed by atoms with E-state index in [-0.39, 0.29) is 5.82 Å².